The van der Waals surface area contributed by atoms with Crippen molar-refractivity contribution in [1.82, 2.24) is 15.4 Å². The summed E-state index contributed by atoms with van der Waals surface area (Å²) in [5, 5.41) is 1.74. The van der Waals surface area contributed by atoms with E-state index in [0.29, 0.717) is 37.6 Å². The van der Waals surface area contributed by atoms with Gasteiger partial charge < -0.3 is 4.74 Å². The Morgan fingerprint density at radius 1 is 1.43 bits per heavy atom. The maximum absolute atomic E-state index is 12.2. The molecule has 21 heavy (non-hydrogen) atoms. The van der Waals surface area contributed by atoms with Crippen molar-refractivity contribution in [1.29, 1.82) is 0 Å². The largest absolute Gasteiger partial charge is 0.379 e. The fourth-order valence-corrected chi connectivity index (χ4v) is 2.40. The molecule has 1 aliphatic heterocycles. The van der Waals surface area contributed by atoms with Gasteiger partial charge in [0.15, 0.2) is 0 Å². The summed E-state index contributed by atoms with van der Waals surface area (Å²) in [5.74, 6) is -0.822. The summed E-state index contributed by atoms with van der Waals surface area (Å²) in [6.45, 7) is 2.27. The number of aromatic nitrogens is 1. The van der Waals surface area contributed by atoms with Crippen molar-refractivity contribution in [3.63, 3.8) is 0 Å². The van der Waals surface area contributed by atoms with Crippen LogP contribution in [-0.4, -0.2) is 60.9 Å². The minimum Gasteiger partial charge on any atom is -0.379 e. The minimum atomic E-state index is -4.09. The Morgan fingerprint density at radius 2 is 2.14 bits per heavy atom. The summed E-state index contributed by atoms with van der Waals surface area (Å²) >= 11 is 0. The first-order valence-corrected chi connectivity index (χ1v) is 8.09. The van der Waals surface area contributed by atoms with E-state index in [0.717, 1.165) is 0 Å². The molecule has 0 aliphatic carbocycles. The zero-order valence-electron chi connectivity index (χ0n) is 11.4. The molecule has 2 N–H and O–H groups in total. The number of hydrazine groups is 1. The molecule has 0 unspecified atom stereocenters. The third-order valence-corrected chi connectivity index (χ3v) is 3.72. The number of nitrogens with zero attached hydrogens (tertiary/aromatic N) is 2. The third kappa shape index (κ3) is 5.05. The molecule has 1 aromatic heterocycles. The molecule has 9 heteroatoms. The van der Waals surface area contributed by atoms with E-state index in [1.54, 1.807) is 17.1 Å². The fourth-order valence-electron chi connectivity index (χ4n) is 1.95. The molecule has 0 bridgehead atoms. The Balaban J connectivity index is 2.05. The van der Waals surface area contributed by atoms with Gasteiger partial charge in [-0.3, -0.25) is 19.8 Å². The van der Waals surface area contributed by atoms with Crippen molar-refractivity contribution in [3.05, 3.63) is 29.6 Å². The van der Waals surface area contributed by atoms with Gasteiger partial charge in [0.2, 0.25) is 0 Å². The molecule has 0 radical (unpaired) electrons. The van der Waals surface area contributed by atoms with E-state index in [9.17, 15) is 13.2 Å². The minimum absolute atomic E-state index is 0.0223. The molecule has 8 nitrogen and oxygen atoms in total. The highest BCUT2D eigenvalue weighted by atomic mass is 32.2. The van der Waals surface area contributed by atoms with E-state index in [4.69, 9.17) is 9.29 Å². The number of morpholine rings is 1. The number of nitrogens with one attached hydrogen (secondary N) is 1. The molecule has 0 spiro atoms. The molecular formula is C12H17N3O5S. The van der Waals surface area contributed by atoms with Crippen LogP contribution in [0.15, 0.2) is 18.3 Å². The van der Waals surface area contributed by atoms with Crippen molar-refractivity contribution in [3.8, 4) is 0 Å². The van der Waals surface area contributed by atoms with Crippen LogP contribution in [0.1, 0.15) is 16.1 Å². The Bertz CT molecular complexity index is 599. The van der Waals surface area contributed by atoms with Crippen molar-refractivity contribution in [2.24, 2.45) is 0 Å². The molecule has 0 aromatic carbocycles. The van der Waals surface area contributed by atoms with Gasteiger partial charge >= 0.3 is 0 Å². The Labute approximate surface area is 122 Å². The van der Waals surface area contributed by atoms with E-state index >= 15 is 0 Å². The first kappa shape index (κ1) is 15.8. The Kier molecular flexibility index (Phi) is 5.23. The van der Waals surface area contributed by atoms with Crippen molar-refractivity contribution >= 4 is 16.0 Å². The van der Waals surface area contributed by atoms with Crippen molar-refractivity contribution in [2.45, 2.75) is 6.42 Å². The van der Waals surface area contributed by atoms with E-state index in [-0.39, 0.29) is 12.3 Å². The van der Waals surface area contributed by atoms with Crippen LogP contribution in [0.3, 0.4) is 0 Å². The Morgan fingerprint density at radius 3 is 2.81 bits per heavy atom. The summed E-state index contributed by atoms with van der Waals surface area (Å²) in [6, 6.07) is 3.17. The zero-order valence-corrected chi connectivity index (χ0v) is 12.2. The summed E-state index contributed by atoms with van der Waals surface area (Å²) < 4.78 is 35.6. The number of rotatable bonds is 5. The number of aryl methyl sites for hydroxylation is 1. The summed E-state index contributed by atoms with van der Waals surface area (Å²) in [4.78, 5) is 16.2. The first-order valence-electron chi connectivity index (χ1n) is 6.48. The molecule has 116 valence electrons. The van der Waals surface area contributed by atoms with E-state index < -0.39 is 15.9 Å². The predicted octanol–water partition coefficient (Wildman–Crippen LogP) is -0.511. The van der Waals surface area contributed by atoms with Crippen LogP contribution < -0.4 is 5.43 Å². The lowest BCUT2D eigenvalue weighted by molar-refractivity contribution is 0.0126. The van der Waals surface area contributed by atoms with Crippen LogP contribution in [0.2, 0.25) is 0 Å². The van der Waals surface area contributed by atoms with Crippen molar-refractivity contribution < 1.29 is 22.5 Å². The number of pyridine rings is 1. The molecule has 1 amide bonds. The average molecular weight is 315 g/mol. The van der Waals surface area contributed by atoms with Crippen LogP contribution in [0, 0.1) is 0 Å². The average Bonchev–Trinajstić information content (AvgIpc) is 2.46. The molecule has 0 atom stereocenters. The summed E-state index contributed by atoms with van der Waals surface area (Å²) in [7, 11) is -4.09. The van der Waals surface area contributed by atoms with E-state index in [1.807, 2.05) is 0 Å². The first-order chi connectivity index (χ1) is 9.96. The maximum Gasteiger partial charge on any atom is 0.267 e. The second-order valence-electron chi connectivity index (χ2n) is 4.57. The number of hydrogen-bond acceptors (Lipinski definition) is 6. The van der Waals surface area contributed by atoms with Crippen LogP contribution in [0.4, 0.5) is 0 Å². The summed E-state index contributed by atoms with van der Waals surface area (Å²) in [5.41, 5.74) is 3.37. The second kappa shape index (κ2) is 6.94. The number of carbonyl (C=O) groups is 1. The van der Waals surface area contributed by atoms with Crippen LogP contribution in [0.25, 0.3) is 0 Å². The van der Waals surface area contributed by atoms with Crippen LogP contribution in [-0.2, 0) is 21.3 Å². The van der Waals surface area contributed by atoms with E-state index in [2.05, 4.69) is 10.4 Å². The predicted molar refractivity (Wildman–Crippen MR) is 74.2 cm³/mol. The molecule has 1 fully saturated rings. The van der Waals surface area contributed by atoms with E-state index in [1.165, 1.54) is 6.20 Å². The van der Waals surface area contributed by atoms with Gasteiger partial charge in [-0.05, 0) is 12.1 Å². The number of carbonyl (C=O) groups excluding carboxylic acids is 1. The van der Waals surface area contributed by atoms with Crippen LogP contribution in [0.5, 0.6) is 0 Å². The van der Waals surface area contributed by atoms with Gasteiger partial charge in [-0.25, -0.2) is 5.01 Å². The molecule has 2 rings (SSSR count). The number of hydrogen-bond donors (Lipinski definition) is 2. The third-order valence-electron chi connectivity index (χ3n) is 3.00. The molecule has 1 saturated heterocycles. The lowest BCUT2D eigenvalue weighted by Gasteiger charge is -2.27. The zero-order chi connectivity index (χ0) is 15.3. The highest BCUT2D eigenvalue weighted by molar-refractivity contribution is 7.85. The van der Waals surface area contributed by atoms with Gasteiger partial charge in [0.25, 0.3) is 16.0 Å². The highest BCUT2D eigenvalue weighted by Crippen LogP contribution is 2.08. The highest BCUT2D eigenvalue weighted by Gasteiger charge is 2.18. The van der Waals surface area contributed by atoms with Crippen LogP contribution >= 0.6 is 0 Å². The molecule has 1 aromatic rings. The van der Waals surface area contributed by atoms with Gasteiger partial charge in [-0.2, -0.15) is 8.42 Å². The maximum atomic E-state index is 12.2. The molecular weight excluding hydrogens is 298 g/mol. The van der Waals surface area contributed by atoms with Gasteiger partial charge in [-0.1, -0.05) is 0 Å². The lowest BCUT2D eigenvalue weighted by atomic mass is 10.1. The molecule has 1 aliphatic rings. The number of amides is 1. The fraction of sp³-hybridized carbons (Fsp3) is 0.500. The molecule has 2 heterocycles. The smallest absolute Gasteiger partial charge is 0.267 e. The van der Waals surface area contributed by atoms with Gasteiger partial charge in [0.1, 0.15) is 0 Å². The van der Waals surface area contributed by atoms with Gasteiger partial charge in [0.05, 0.1) is 30.2 Å². The lowest BCUT2D eigenvalue weighted by Crippen LogP contribution is -2.48. The topological polar surface area (TPSA) is 109 Å². The summed E-state index contributed by atoms with van der Waals surface area (Å²) in [6.07, 6.45) is 1.45. The normalized spacial score (nSPS) is 16.6. The van der Waals surface area contributed by atoms with Crippen molar-refractivity contribution in [2.75, 3.05) is 32.1 Å². The SMILES string of the molecule is O=C(NN1CCOCC1)c1cccnc1CCS(=O)(=O)O. The quantitative estimate of drug-likeness (QED) is 0.704. The Hall–Kier alpha value is -1.55. The standard InChI is InChI=1S/C12H17N3O5S/c16-12(14-15-5-7-20-8-6-15)10-2-1-4-13-11(10)3-9-21(17,18)19/h1-2,4H,3,5-9H2,(H,14,16)(H,17,18,19). The van der Waals surface area contributed by atoms with Gasteiger partial charge in [0, 0.05) is 25.7 Å². The van der Waals surface area contributed by atoms with Gasteiger partial charge in [-0.15, -0.1) is 0 Å². The second-order valence-corrected chi connectivity index (χ2v) is 6.15. The molecule has 0 saturated carbocycles. The monoisotopic (exact) mass is 315 g/mol. The number of ether oxygens (including phenoxy) is 1.